The fourth-order valence-electron chi connectivity index (χ4n) is 2.70. The van der Waals surface area contributed by atoms with Crippen molar-refractivity contribution in [2.75, 3.05) is 21.9 Å². The Morgan fingerprint density at radius 3 is 2.73 bits per heavy atom. The van der Waals surface area contributed by atoms with E-state index in [4.69, 9.17) is 0 Å². The molecule has 0 aromatic heterocycles. The summed E-state index contributed by atoms with van der Waals surface area (Å²) in [5.74, 6) is 0.177. The van der Waals surface area contributed by atoms with Gasteiger partial charge in [-0.1, -0.05) is 20.8 Å². The fraction of sp³-hybridized carbons (Fsp3) is 0.562. The van der Waals surface area contributed by atoms with Gasteiger partial charge in [0.2, 0.25) is 15.9 Å². The van der Waals surface area contributed by atoms with E-state index in [-0.39, 0.29) is 17.6 Å². The van der Waals surface area contributed by atoms with Crippen molar-refractivity contribution in [3.63, 3.8) is 0 Å². The van der Waals surface area contributed by atoms with E-state index in [9.17, 15) is 13.2 Å². The lowest BCUT2D eigenvalue weighted by molar-refractivity contribution is -0.121. The van der Waals surface area contributed by atoms with Crippen molar-refractivity contribution >= 4 is 27.3 Å². The maximum atomic E-state index is 12.3. The number of aryl methyl sites for hydroxylation is 1. The number of amides is 1. The second-order valence-corrected chi connectivity index (χ2v) is 7.85. The lowest BCUT2D eigenvalue weighted by atomic mass is 9.99. The van der Waals surface area contributed by atoms with Gasteiger partial charge in [-0.3, -0.25) is 9.52 Å². The number of carbonyl (C=O) groups is 1. The lowest BCUT2D eigenvalue weighted by Crippen LogP contribution is -2.38. The Balaban J connectivity index is 2.26. The topological polar surface area (TPSA) is 66.5 Å². The molecule has 0 unspecified atom stereocenters. The minimum atomic E-state index is -3.29. The van der Waals surface area contributed by atoms with E-state index in [1.54, 1.807) is 6.07 Å². The Morgan fingerprint density at radius 1 is 1.36 bits per heavy atom. The summed E-state index contributed by atoms with van der Waals surface area (Å²) < 4.78 is 26.3. The summed E-state index contributed by atoms with van der Waals surface area (Å²) in [6, 6.07) is 5.43. The number of rotatable bonds is 5. The second-order valence-electron chi connectivity index (χ2n) is 6.01. The van der Waals surface area contributed by atoms with E-state index in [1.165, 1.54) is 0 Å². The van der Waals surface area contributed by atoms with Gasteiger partial charge in [-0.05, 0) is 43.0 Å². The van der Waals surface area contributed by atoms with Crippen molar-refractivity contribution in [1.29, 1.82) is 0 Å². The standard InChI is InChI=1S/C16H24N2O3S/c1-4-10-22(20,21)17-14-7-8-15-13(11-14)6-5-9-18(15)16(19)12(2)3/h7-8,11-12,17H,4-6,9-10H2,1-3H3. The van der Waals surface area contributed by atoms with Crippen LogP contribution in [0.15, 0.2) is 18.2 Å². The summed E-state index contributed by atoms with van der Waals surface area (Å²) in [5, 5.41) is 0. The van der Waals surface area contributed by atoms with E-state index in [0.29, 0.717) is 12.1 Å². The number of nitrogens with zero attached hydrogens (tertiary/aromatic N) is 1. The summed E-state index contributed by atoms with van der Waals surface area (Å²) in [4.78, 5) is 14.1. The number of hydrogen-bond acceptors (Lipinski definition) is 3. The molecule has 1 N–H and O–H groups in total. The molecule has 2 rings (SSSR count). The van der Waals surface area contributed by atoms with Gasteiger partial charge in [0.05, 0.1) is 5.75 Å². The molecule has 1 heterocycles. The second kappa shape index (κ2) is 6.69. The van der Waals surface area contributed by atoms with Crippen molar-refractivity contribution in [2.24, 2.45) is 5.92 Å². The van der Waals surface area contributed by atoms with Crippen molar-refractivity contribution < 1.29 is 13.2 Å². The summed E-state index contributed by atoms with van der Waals surface area (Å²) in [6.45, 7) is 6.35. The quantitative estimate of drug-likeness (QED) is 0.905. The molecule has 0 radical (unpaired) electrons. The molecule has 1 aromatic carbocycles. The number of nitrogens with one attached hydrogen (secondary N) is 1. The monoisotopic (exact) mass is 324 g/mol. The van der Waals surface area contributed by atoms with Gasteiger partial charge in [0.25, 0.3) is 0 Å². The smallest absolute Gasteiger partial charge is 0.232 e. The highest BCUT2D eigenvalue weighted by Gasteiger charge is 2.24. The fourth-order valence-corrected chi connectivity index (χ4v) is 3.83. The highest BCUT2D eigenvalue weighted by atomic mass is 32.2. The molecule has 0 bridgehead atoms. The summed E-state index contributed by atoms with van der Waals surface area (Å²) in [5.41, 5.74) is 2.51. The van der Waals surface area contributed by atoms with E-state index in [2.05, 4.69) is 4.72 Å². The first-order chi connectivity index (χ1) is 10.3. The molecule has 5 nitrogen and oxygen atoms in total. The van der Waals surface area contributed by atoms with Gasteiger partial charge < -0.3 is 4.90 Å². The molecule has 22 heavy (non-hydrogen) atoms. The minimum absolute atomic E-state index is 0.0475. The van der Waals surface area contributed by atoms with Crippen LogP contribution in [-0.2, 0) is 21.2 Å². The Morgan fingerprint density at radius 2 is 2.09 bits per heavy atom. The third-order valence-corrected chi connectivity index (χ3v) is 5.20. The number of fused-ring (bicyclic) bond motifs is 1. The zero-order valence-electron chi connectivity index (χ0n) is 13.4. The van der Waals surface area contributed by atoms with Gasteiger partial charge >= 0.3 is 0 Å². The van der Waals surface area contributed by atoms with Crippen LogP contribution in [0.5, 0.6) is 0 Å². The average molecular weight is 324 g/mol. The average Bonchev–Trinajstić information content (AvgIpc) is 2.44. The molecule has 1 aliphatic rings. The molecule has 1 aromatic rings. The third-order valence-electron chi connectivity index (χ3n) is 3.70. The van der Waals surface area contributed by atoms with E-state index < -0.39 is 10.0 Å². The predicted octanol–water partition coefficient (Wildman–Crippen LogP) is 2.77. The molecule has 0 spiro atoms. The molecular formula is C16H24N2O3S. The zero-order chi connectivity index (χ0) is 16.3. The van der Waals surface area contributed by atoms with Crippen LogP contribution in [0.3, 0.4) is 0 Å². The number of anilines is 2. The van der Waals surface area contributed by atoms with Gasteiger partial charge in [-0.2, -0.15) is 0 Å². The molecule has 0 aliphatic carbocycles. The maximum Gasteiger partial charge on any atom is 0.232 e. The number of sulfonamides is 1. The Bertz CT molecular complexity index is 653. The molecule has 1 amide bonds. The number of hydrogen-bond donors (Lipinski definition) is 1. The Hall–Kier alpha value is -1.56. The van der Waals surface area contributed by atoms with Gasteiger partial charge in [-0.25, -0.2) is 8.42 Å². The first kappa shape index (κ1) is 16.8. The van der Waals surface area contributed by atoms with Crippen LogP contribution >= 0.6 is 0 Å². The SMILES string of the molecule is CCCS(=O)(=O)Nc1ccc2c(c1)CCCN2C(=O)C(C)C. The van der Waals surface area contributed by atoms with Crippen molar-refractivity contribution in [3.8, 4) is 0 Å². The maximum absolute atomic E-state index is 12.3. The first-order valence-electron chi connectivity index (χ1n) is 7.79. The zero-order valence-corrected chi connectivity index (χ0v) is 14.2. The highest BCUT2D eigenvalue weighted by Crippen LogP contribution is 2.31. The Labute approximate surface area is 132 Å². The minimum Gasteiger partial charge on any atom is -0.312 e. The molecule has 1 aliphatic heterocycles. The number of benzene rings is 1. The van der Waals surface area contributed by atoms with Crippen LogP contribution in [0.2, 0.25) is 0 Å². The van der Waals surface area contributed by atoms with Crippen LogP contribution in [0, 0.1) is 5.92 Å². The molecule has 0 fully saturated rings. The summed E-state index contributed by atoms with van der Waals surface area (Å²) in [7, 11) is -3.29. The van der Waals surface area contributed by atoms with E-state index >= 15 is 0 Å². The van der Waals surface area contributed by atoms with Crippen molar-refractivity contribution in [1.82, 2.24) is 0 Å². The van der Waals surface area contributed by atoms with Gasteiger partial charge in [0, 0.05) is 23.8 Å². The van der Waals surface area contributed by atoms with Crippen LogP contribution in [0.4, 0.5) is 11.4 Å². The first-order valence-corrected chi connectivity index (χ1v) is 9.44. The van der Waals surface area contributed by atoms with Gasteiger partial charge in [0.15, 0.2) is 0 Å². The molecule has 0 saturated carbocycles. The van der Waals surface area contributed by atoms with Crippen LogP contribution in [-0.4, -0.2) is 26.6 Å². The van der Waals surface area contributed by atoms with Crippen LogP contribution in [0.1, 0.15) is 39.2 Å². The summed E-state index contributed by atoms with van der Waals surface area (Å²) in [6.07, 6.45) is 2.34. The van der Waals surface area contributed by atoms with Crippen LogP contribution < -0.4 is 9.62 Å². The molecular weight excluding hydrogens is 300 g/mol. The molecule has 0 saturated heterocycles. The molecule has 122 valence electrons. The lowest BCUT2D eigenvalue weighted by Gasteiger charge is -2.31. The van der Waals surface area contributed by atoms with Crippen molar-refractivity contribution in [3.05, 3.63) is 23.8 Å². The normalized spacial score (nSPS) is 14.8. The van der Waals surface area contributed by atoms with E-state index in [0.717, 1.165) is 30.6 Å². The van der Waals surface area contributed by atoms with Gasteiger partial charge in [0.1, 0.15) is 0 Å². The number of carbonyl (C=O) groups excluding carboxylic acids is 1. The summed E-state index contributed by atoms with van der Waals surface area (Å²) >= 11 is 0. The predicted molar refractivity (Wildman–Crippen MR) is 89.7 cm³/mol. The van der Waals surface area contributed by atoms with Crippen molar-refractivity contribution in [2.45, 2.75) is 40.0 Å². The largest absolute Gasteiger partial charge is 0.312 e. The Kier molecular flexibility index (Phi) is 5.11. The third kappa shape index (κ3) is 3.80. The molecule has 0 atom stereocenters. The van der Waals surface area contributed by atoms with E-state index in [1.807, 2.05) is 37.8 Å². The van der Waals surface area contributed by atoms with Gasteiger partial charge in [-0.15, -0.1) is 0 Å². The van der Waals surface area contributed by atoms with Crippen LogP contribution in [0.25, 0.3) is 0 Å². The highest BCUT2D eigenvalue weighted by molar-refractivity contribution is 7.92. The molecule has 6 heteroatoms.